The number of likely N-dealkylation sites (N-methyl/N-ethyl adjacent to an activating group) is 1. The van der Waals surface area contributed by atoms with Crippen molar-refractivity contribution in [3.63, 3.8) is 0 Å². The van der Waals surface area contributed by atoms with Crippen LogP contribution in [0.1, 0.15) is 37.0 Å². The van der Waals surface area contributed by atoms with E-state index in [4.69, 9.17) is 0 Å². The first kappa shape index (κ1) is 20.7. The molecule has 4 nitrogen and oxygen atoms in total. The van der Waals surface area contributed by atoms with Crippen molar-refractivity contribution in [2.24, 2.45) is 0 Å². The van der Waals surface area contributed by atoms with Crippen LogP contribution in [0.2, 0.25) is 0 Å². The van der Waals surface area contributed by atoms with Crippen LogP contribution in [0.5, 0.6) is 0 Å². The Labute approximate surface area is 157 Å². The van der Waals surface area contributed by atoms with Crippen LogP contribution in [-0.4, -0.2) is 35.3 Å². The topological polar surface area (TPSA) is 49.8 Å². The molecule has 0 aliphatic carbocycles. The van der Waals surface area contributed by atoms with Crippen LogP contribution in [0.3, 0.4) is 0 Å². The summed E-state index contributed by atoms with van der Waals surface area (Å²) < 4.78 is 36.3. The predicted molar refractivity (Wildman–Crippen MR) is 100 cm³/mol. The smallest absolute Gasteiger partial charge is 0.354 e. The van der Waals surface area contributed by atoms with Crippen LogP contribution in [-0.2, 0) is 6.42 Å². The molecule has 27 heavy (non-hydrogen) atoms. The van der Waals surface area contributed by atoms with E-state index in [1.165, 1.54) is 18.0 Å². The minimum atomic E-state index is -4.20. The number of nitrogens with zero attached hydrogens (tertiary/aromatic N) is 2. The molecule has 0 saturated carbocycles. The number of anilines is 1. The second kappa shape index (κ2) is 9.93. The molecule has 144 valence electrons. The van der Waals surface area contributed by atoms with Crippen LogP contribution in [0, 0.1) is 11.8 Å². The van der Waals surface area contributed by atoms with Crippen molar-refractivity contribution in [3.8, 4) is 11.8 Å². The molecule has 1 heterocycles. The highest BCUT2D eigenvalue weighted by Gasteiger charge is 2.26. The van der Waals surface area contributed by atoms with Crippen LogP contribution in [0.4, 0.5) is 19.1 Å². The number of aromatic nitrogens is 2. The van der Waals surface area contributed by atoms with Gasteiger partial charge in [-0.3, -0.25) is 0 Å². The lowest BCUT2D eigenvalue weighted by molar-refractivity contribution is -0.131. The molecule has 7 heteroatoms. The van der Waals surface area contributed by atoms with Crippen LogP contribution in [0.15, 0.2) is 36.7 Å². The van der Waals surface area contributed by atoms with E-state index in [-0.39, 0.29) is 12.5 Å². The van der Waals surface area contributed by atoms with Crippen molar-refractivity contribution < 1.29 is 13.2 Å². The van der Waals surface area contributed by atoms with E-state index in [1.54, 1.807) is 0 Å². The molecule has 0 spiro atoms. The average molecular weight is 376 g/mol. The molecule has 2 rings (SSSR count). The lowest BCUT2D eigenvalue weighted by Gasteiger charge is -2.11. The maximum atomic E-state index is 12.1. The Morgan fingerprint density at radius 1 is 1.04 bits per heavy atom. The highest BCUT2D eigenvalue weighted by molar-refractivity contribution is 5.42. The standard InChI is InChI=1S/C20H23F3N4/c1-3-24-15(2)12-17-7-4-16(5-8-17)6-9-18-13-26-19(27-14-18)25-11-10-20(21,22)23/h4-5,7-8,13-15,24H,3,10-12H2,1-2H3,(H,25,26,27). The Kier molecular flexibility index (Phi) is 7.62. The van der Waals surface area contributed by atoms with E-state index in [0.717, 1.165) is 18.5 Å². The molecule has 1 atom stereocenters. The average Bonchev–Trinajstić information content (AvgIpc) is 2.61. The van der Waals surface area contributed by atoms with E-state index in [0.29, 0.717) is 11.6 Å². The molecular weight excluding hydrogens is 353 g/mol. The van der Waals surface area contributed by atoms with Gasteiger partial charge in [-0.1, -0.05) is 30.9 Å². The maximum Gasteiger partial charge on any atom is 0.390 e. The van der Waals surface area contributed by atoms with Gasteiger partial charge in [-0.25, -0.2) is 9.97 Å². The van der Waals surface area contributed by atoms with Crippen molar-refractivity contribution in [2.45, 2.75) is 38.9 Å². The summed E-state index contributed by atoms with van der Waals surface area (Å²) in [7, 11) is 0. The van der Waals surface area contributed by atoms with Crippen LogP contribution in [0.25, 0.3) is 0 Å². The van der Waals surface area contributed by atoms with Gasteiger partial charge in [0.15, 0.2) is 0 Å². The summed E-state index contributed by atoms with van der Waals surface area (Å²) in [5.41, 5.74) is 2.72. The van der Waals surface area contributed by atoms with Gasteiger partial charge in [-0.15, -0.1) is 0 Å². The summed E-state index contributed by atoms with van der Waals surface area (Å²) >= 11 is 0. The number of alkyl halides is 3. The summed E-state index contributed by atoms with van der Waals surface area (Å²) in [4.78, 5) is 7.95. The van der Waals surface area contributed by atoms with Gasteiger partial charge in [0.1, 0.15) is 0 Å². The van der Waals surface area contributed by atoms with E-state index >= 15 is 0 Å². The number of halogens is 3. The summed E-state index contributed by atoms with van der Waals surface area (Å²) in [5.74, 6) is 6.14. The second-order valence-corrected chi connectivity index (χ2v) is 6.20. The predicted octanol–water partition coefficient (Wildman–Crippen LogP) is 3.78. The zero-order chi connectivity index (χ0) is 19.7. The van der Waals surface area contributed by atoms with Gasteiger partial charge in [0, 0.05) is 30.5 Å². The van der Waals surface area contributed by atoms with Gasteiger partial charge in [-0.2, -0.15) is 13.2 Å². The molecule has 0 amide bonds. The molecule has 1 unspecified atom stereocenters. The normalized spacial score (nSPS) is 12.2. The zero-order valence-corrected chi connectivity index (χ0v) is 15.4. The van der Waals surface area contributed by atoms with Crippen molar-refractivity contribution in [1.82, 2.24) is 15.3 Å². The van der Waals surface area contributed by atoms with Crippen molar-refractivity contribution >= 4 is 5.95 Å². The Morgan fingerprint density at radius 2 is 1.67 bits per heavy atom. The Bertz CT molecular complexity index is 759. The lowest BCUT2D eigenvalue weighted by Crippen LogP contribution is -2.27. The molecule has 1 aromatic carbocycles. The number of benzene rings is 1. The van der Waals surface area contributed by atoms with Crippen molar-refractivity contribution in [3.05, 3.63) is 53.3 Å². The van der Waals surface area contributed by atoms with Gasteiger partial charge in [0.2, 0.25) is 5.95 Å². The zero-order valence-electron chi connectivity index (χ0n) is 15.4. The molecular formula is C20H23F3N4. The van der Waals surface area contributed by atoms with Gasteiger partial charge < -0.3 is 10.6 Å². The van der Waals surface area contributed by atoms with Crippen molar-refractivity contribution in [2.75, 3.05) is 18.4 Å². The summed E-state index contributed by atoms with van der Waals surface area (Å²) in [5, 5.41) is 5.91. The first-order chi connectivity index (χ1) is 12.9. The maximum absolute atomic E-state index is 12.1. The second-order valence-electron chi connectivity index (χ2n) is 6.20. The summed E-state index contributed by atoms with van der Waals surface area (Å²) in [6.07, 6.45) is -1.19. The third-order valence-corrected chi connectivity index (χ3v) is 3.74. The van der Waals surface area contributed by atoms with Gasteiger partial charge in [0.25, 0.3) is 0 Å². The molecule has 0 aliphatic rings. The fraction of sp³-hybridized carbons (Fsp3) is 0.400. The quantitative estimate of drug-likeness (QED) is 0.722. The minimum absolute atomic E-state index is 0.156. The number of hydrogen-bond acceptors (Lipinski definition) is 4. The van der Waals surface area contributed by atoms with E-state index in [1.807, 2.05) is 12.1 Å². The Hall–Kier alpha value is -2.59. The fourth-order valence-electron chi connectivity index (χ4n) is 2.44. The third kappa shape index (κ3) is 8.09. The SMILES string of the molecule is CCNC(C)Cc1ccc(C#Cc2cnc(NCCC(F)(F)F)nc2)cc1. The van der Waals surface area contributed by atoms with E-state index < -0.39 is 12.6 Å². The summed E-state index contributed by atoms with van der Waals surface area (Å²) in [6.45, 7) is 4.93. The Balaban J connectivity index is 1.89. The minimum Gasteiger partial charge on any atom is -0.354 e. The Morgan fingerprint density at radius 3 is 2.26 bits per heavy atom. The largest absolute Gasteiger partial charge is 0.390 e. The first-order valence-corrected chi connectivity index (χ1v) is 8.82. The monoisotopic (exact) mass is 376 g/mol. The molecule has 0 aliphatic heterocycles. The van der Waals surface area contributed by atoms with Gasteiger partial charge in [0.05, 0.1) is 12.0 Å². The molecule has 2 aromatic rings. The molecule has 1 aromatic heterocycles. The lowest BCUT2D eigenvalue weighted by atomic mass is 10.1. The molecule has 0 bridgehead atoms. The van der Waals surface area contributed by atoms with Crippen molar-refractivity contribution in [1.29, 1.82) is 0 Å². The molecule has 2 N–H and O–H groups in total. The highest BCUT2D eigenvalue weighted by Crippen LogP contribution is 2.18. The highest BCUT2D eigenvalue weighted by atomic mass is 19.4. The van der Waals surface area contributed by atoms with Crippen LogP contribution < -0.4 is 10.6 Å². The fourth-order valence-corrected chi connectivity index (χ4v) is 2.44. The van der Waals surface area contributed by atoms with E-state index in [9.17, 15) is 13.2 Å². The van der Waals surface area contributed by atoms with E-state index in [2.05, 4.69) is 58.4 Å². The number of nitrogens with one attached hydrogen (secondary N) is 2. The first-order valence-electron chi connectivity index (χ1n) is 8.82. The van der Waals surface area contributed by atoms with Gasteiger partial charge >= 0.3 is 6.18 Å². The molecule has 0 fully saturated rings. The molecule has 0 radical (unpaired) electrons. The molecule has 0 saturated heterocycles. The number of hydrogen-bond donors (Lipinski definition) is 2. The number of rotatable bonds is 7. The van der Waals surface area contributed by atoms with Crippen LogP contribution >= 0.6 is 0 Å². The summed E-state index contributed by atoms with van der Waals surface area (Å²) in [6, 6.07) is 8.47. The third-order valence-electron chi connectivity index (χ3n) is 3.74. The van der Waals surface area contributed by atoms with Gasteiger partial charge in [-0.05, 0) is 37.6 Å².